The molecule has 0 aliphatic heterocycles. The van der Waals surface area contributed by atoms with Crippen LogP contribution in [0.15, 0.2) is 78.1 Å². The third kappa shape index (κ3) is 5.19. The summed E-state index contributed by atoms with van der Waals surface area (Å²) in [5.41, 5.74) is 4.43. The molecule has 13 nitrogen and oxygen atoms in total. The lowest BCUT2D eigenvalue weighted by molar-refractivity contribution is 0.0941. The summed E-state index contributed by atoms with van der Waals surface area (Å²) in [5.74, 6) is 5.55. The van der Waals surface area contributed by atoms with E-state index in [0.29, 0.717) is 28.8 Å². The zero-order chi connectivity index (χ0) is 33.2. The summed E-state index contributed by atoms with van der Waals surface area (Å²) in [4.78, 5) is 32.9. The van der Waals surface area contributed by atoms with E-state index in [-0.39, 0.29) is 28.6 Å². The molecule has 8 rings (SSSR count). The molecule has 4 aromatic heterocycles. The van der Waals surface area contributed by atoms with Gasteiger partial charge >= 0.3 is 10.2 Å². The van der Waals surface area contributed by atoms with Crippen molar-refractivity contribution in [2.45, 2.75) is 38.3 Å². The van der Waals surface area contributed by atoms with Crippen molar-refractivity contribution in [1.29, 1.82) is 0 Å². The summed E-state index contributed by atoms with van der Waals surface area (Å²) in [6, 6.07) is 13.9. The van der Waals surface area contributed by atoms with Gasteiger partial charge in [-0.25, -0.2) is 9.50 Å². The number of nitrogens with one attached hydrogen (secondary N) is 3. The molecule has 1 fully saturated rings. The molecule has 1 saturated carbocycles. The fourth-order valence-corrected chi connectivity index (χ4v) is 7.34. The number of carbonyl (C=O) groups is 1. The zero-order valence-corrected chi connectivity index (χ0v) is 26.7. The van der Waals surface area contributed by atoms with Gasteiger partial charge in [0, 0.05) is 49.4 Å². The van der Waals surface area contributed by atoms with E-state index in [2.05, 4.69) is 41.8 Å². The highest BCUT2D eigenvalue weighted by molar-refractivity contribution is 7.90. The number of aryl methyl sites for hydroxylation is 1. The number of para-hydroxylation sites is 1. The first kappa shape index (κ1) is 29.6. The van der Waals surface area contributed by atoms with Gasteiger partial charge in [-0.3, -0.25) is 23.6 Å². The number of hydrogen-bond donors (Lipinski definition) is 3. The third-order valence-corrected chi connectivity index (χ3v) is 9.60. The van der Waals surface area contributed by atoms with Gasteiger partial charge in [0.2, 0.25) is 0 Å². The molecule has 0 bridgehead atoms. The monoisotopic (exact) mass is 659 g/mol. The lowest BCUT2D eigenvalue weighted by Gasteiger charge is -2.30. The maximum absolute atomic E-state index is 14.5. The molecule has 0 unspecified atom stereocenters. The molecule has 48 heavy (non-hydrogen) atoms. The molecule has 240 valence electrons. The van der Waals surface area contributed by atoms with Crippen LogP contribution in [0.1, 0.15) is 64.1 Å². The fraction of sp³-hybridized carbons (Fsp3) is 0.206. The van der Waals surface area contributed by atoms with Crippen molar-refractivity contribution in [2.75, 3.05) is 4.72 Å². The summed E-state index contributed by atoms with van der Waals surface area (Å²) in [5, 5.41) is 12.9. The molecule has 3 N–H and O–H groups in total. The second-order valence-corrected chi connectivity index (χ2v) is 13.4. The van der Waals surface area contributed by atoms with E-state index in [0.717, 1.165) is 34.9 Å². The Morgan fingerprint density at radius 2 is 1.88 bits per heavy atom. The van der Waals surface area contributed by atoms with E-state index in [4.69, 9.17) is 0 Å². The summed E-state index contributed by atoms with van der Waals surface area (Å²) in [6.45, 7) is 1.80. The lowest BCUT2D eigenvalue weighted by Crippen LogP contribution is -2.36. The van der Waals surface area contributed by atoms with Crippen LogP contribution in [-0.2, 0) is 23.7 Å². The van der Waals surface area contributed by atoms with Crippen LogP contribution in [0.5, 0.6) is 0 Å². The maximum atomic E-state index is 14.5. The number of benzene rings is 2. The highest BCUT2D eigenvalue weighted by atomic mass is 32.2. The molecule has 2 aliphatic rings. The van der Waals surface area contributed by atoms with Crippen LogP contribution in [-0.4, -0.2) is 49.3 Å². The second kappa shape index (κ2) is 11.2. The van der Waals surface area contributed by atoms with E-state index in [1.165, 1.54) is 10.7 Å². The molecular weight excluding hydrogens is 631 g/mol. The van der Waals surface area contributed by atoms with Crippen molar-refractivity contribution in [3.63, 3.8) is 0 Å². The average Bonchev–Trinajstić information content (AvgIpc) is 3.63. The highest BCUT2D eigenvalue weighted by Gasteiger charge is 2.33. The normalized spacial score (nSPS) is 14.3. The zero-order valence-electron chi connectivity index (χ0n) is 25.9. The first-order chi connectivity index (χ1) is 23.2. The number of amides is 1. The van der Waals surface area contributed by atoms with Crippen molar-refractivity contribution in [2.24, 2.45) is 7.05 Å². The van der Waals surface area contributed by atoms with Crippen LogP contribution in [0, 0.1) is 11.8 Å². The van der Waals surface area contributed by atoms with Gasteiger partial charge in [0.1, 0.15) is 5.56 Å². The summed E-state index contributed by atoms with van der Waals surface area (Å²) >= 11 is 0. The number of nitrogens with zero attached hydrogens (tertiary/aromatic N) is 6. The molecule has 1 amide bonds. The quantitative estimate of drug-likeness (QED) is 0.212. The van der Waals surface area contributed by atoms with Gasteiger partial charge in [0.25, 0.3) is 11.5 Å². The number of rotatable bonds is 8. The minimum Gasteiger partial charge on any atom is -0.344 e. The van der Waals surface area contributed by atoms with Crippen LogP contribution in [0.4, 0.5) is 5.82 Å². The number of anilines is 1. The Hall–Kier alpha value is -5.78. The number of aromatic nitrogens is 6. The molecule has 2 aromatic carbocycles. The molecule has 2 aliphatic carbocycles. The van der Waals surface area contributed by atoms with Gasteiger partial charge in [-0.05, 0) is 60.5 Å². The van der Waals surface area contributed by atoms with E-state index in [1.807, 2.05) is 55.7 Å². The van der Waals surface area contributed by atoms with Gasteiger partial charge in [0.15, 0.2) is 11.5 Å². The molecule has 0 spiro atoms. The van der Waals surface area contributed by atoms with Crippen molar-refractivity contribution in [3.05, 3.63) is 117 Å². The van der Waals surface area contributed by atoms with Crippen molar-refractivity contribution < 1.29 is 13.2 Å². The number of carbonyl (C=O) groups excluding carboxylic acids is 1. The van der Waals surface area contributed by atoms with Crippen molar-refractivity contribution in [3.8, 4) is 17.5 Å². The van der Waals surface area contributed by atoms with Gasteiger partial charge in [0.05, 0.1) is 28.9 Å². The Kier molecular flexibility index (Phi) is 6.90. The Morgan fingerprint density at radius 3 is 2.62 bits per heavy atom. The number of hydrogen-bond acceptors (Lipinski definition) is 7. The van der Waals surface area contributed by atoms with E-state index in [9.17, 15) is 18.0 Å². The molecule has 6 aromatic rings. The van der Waals surface area contributed by atoms with Gasteiger partial charge < -0.3 is 5.32 Å². The lowest BCUT2D eigenvalue weighted by atomic mass is 9.81. The maximum Gasteiger partial charge on any atom is 0.300 e. The Bertz CT molecular complexity index is 2520. The molecule has 0 radical (unpaired) electrons. The molecule has 0 saturated heterocycles. The van der Waals surface area contributed by atoms with Gasteiger partial charge in [-0.2, -0.15) is 18.2 Å². The Morgan fingerprint density at radius 1 is 1.06 bits per heavy atom. The first-order valence-corrected chi connectivity index (χ1v) is 16.9. The van der Waals surface area contributed by atoms with Crippen molar-refractivity contribution >= 4 is 38.4 Å². The SMILES string of the molecule is C[C@@H](NC(=O)c1c(NS(=O)(=O)NC2CC2)nn2cccnc12)c1c2c3c(ccc(C#Cc4cnn(C)c4)c3c(=O)n1-c1ccccc1)C2. The topological polar surface area (TPSA) is 157 Å². The molecule has 4 heterocycles. The minimum atomic E-state index is -4.00. The van der Waals surface area contributed by atoms with Crippen LogP contribution in [0.25, 0.3) is 22.1 Å². The van der Waals surface area contributed by atoms with Gasteiger partial charge in [-0.1, -0.05) is 36.1 Å². The van der Waals surface area contributed by atoms with Crippen LogP contribution >= 0.6 is 0 Å². The second-order valence-electron chi connectivity index (χ2n) is 12.0. The van der Waals surface area contributed by atoms with Crippen molar-refractivity contribution in [1.82, 2.24) is 39.0 Å². The first-order valence-electron chi connectivity index (χ1n) is 15.4. The van der Waals surface area contributed by atoms with Crippen LogP contribution < -0.4 is 20.3 Å². The number of pyridine rings is 1. The van der Waals surface area contributed by atoms with Gasteiger partial charge in [-0.15, -0.1) is 5.10 Å². The highest BCUT2D eigenvalue weighted by Crippen LogP contribution is 2.39. The van der Waals surface area contributed by atoms with E-state index < -0.39 is 22.2 Å². The molecule has 1 atom stereocenters. The molecular formula is C34H29N9O4S. The minimum absolute atomic E-state index is 0.0368. The third-order valence-electron chi connectivity index (χ3n) is 8.50. The number of fused-ring (bicyclic) bond motifs is 1. The predicted octanol–water partition coefficient (Wildman–Crippen LogP) is 2.97. The average molecular weight is 660 g/mol. The summed E-state index contributed by atoms with van der Waals surface area (Å²) in [6.07, 6.45) is 8.65. The fourth-order valence-electron chi connectivity index (χ4n) is 6.21. The molecule has 14 heteroatoms. The van der Waals surface area contributed by atoms with Crippen LogP contribution in [0.2, 0.25) is 0 Å². The summed E-state index contributed by atoms with van der Waals surface area (Å²) in [7, 11) is -2.18. The Labute approximate surface area is 274 Å². The predicted molar refractivity (Wildman–Crippen MR) is 179 cm³/mol. The summed E-state index contributed by atoms with van der Waals surface area (Å²) < 4.78 is 35.3. The smallest absolute Gasteiger partial charge is 0.300 e. The van der Waals surface area contributed by atoms with E-state index >= 15 is 0 Å². The largest absolute Gasteiger partial charge is 0.344 e. The van der Waals surface area contributed by atoms with E-state index in [1.54, 1.807) is 34.6 Å². The Balaban J connectivity index is 1.23. The van der Waals surface area contributed by atoms with Crippen LogP contribution in [0.3, 0.4) is 0 Å². The standard InChI is InChI=1S/C34H29N9O4S/c1-20(37-33(44)29-31(38-42-16-6-15-35-32(29)42)40-48(46,47)39-24-13-14-24)30-26-17-23-12-11-22(10-9-21-18-36-41(2)19-21)28(27(23)26)34(45)43(30)25-7-4-3-5-8-25/h3-8,11-12,15-16,18-20,24,39H,13-14,17H2,1-2H3,(H,37,44)(H,38,40)/t20-/m1/s1.